The summed E-state index contributed by atoms with van der Waals surface area (Å²) in [6.07, 6.45) is 5.55. The molecule has 0 aliphatic heterocycles. The molecule has 0 saturated heterocycles. The van der Waals surface area contributed by atoms with Crippen LogP contribution >= 0.6 is 11.3 Å². The van der Waals surface area contributed by atoms with Crippen molar-refractivity contribution in [3.8, 4) is 0 Å². The van der Waals surface area contributed by atoms with Crippen LogP contribution in [0, 0.1) is 6.92 Å². The van der Waals surface area contributed by atoms with Gasteiger partial charge in [-0.15, -0.1) is 11.3 Å². The smallest absolute Gasteiger partial charge is 0.273 e. The third-order valence-electron chi connectivity index (χ3n) is 2.21. The van der Waals surface area contributed by atoms with Gasteiger partial charge >= 0.3 is 0 Å². The summed E-state index contributed by atoms with van der Waals surface area (Å²) in [4.78, 5) is 13.7. The molecular weight excluding hydrogens is 198 g/mol. The third-order valence-corrected chi connectivity index (χ3v) is 3.26. The molecule has 3 rings (SSSR count). The van der Waals surface area contributed by atoms with Gasteiger partial charge in [0, 0.05) is 22.7 Å². The number of thiazole rings is 1. The molecule has 0 aliphatic carbocycles. The Hall–Kier alpha value is -1.62. The molecule has 0 bridgehead atoms. The van der Waals surface area contributed by atoms with E-state index >= 15 is 0 Å². The number of fused-ring (bicyclic) bond motifs is 3. The first-order valence-electron chi connectivity index (χ1n) is 4.20. The van der Waals surface area contributed by atoms with Crippen molar-refractivity contribution in [1.29, 1.82) is 0 Å². The summed E-state index contributed by atoms with van der Waals surface area (Å²) in [6, 6.07) is 0. The lowest BCUT2D eigenvalue weighted by molar-refractivity contribution is 1.01. The quantitative estimate of drug-likeness (QED) is 0.605. The first-order chi connectivity index (χ1) is 6.75. The van der Waals surface area contributed by atoms with Gasteiger partial charge in [-0.25, -0.2) is 5.10 Å². The van der Waals surface area contributed by atoms with Crippen molar-refractivity contribution in [3.05, 3.63) is 33.8 Å². The van der Waals surface area contributed by atoms with E-state index in [4.69, 9.17) is 0 Å². The topological polar surface area (TPSA) is 50.2 Å². The van der Waals surface area contributed by atoms with E-state index in [2.05, 4.69) is 10.2 Å². The Morgan fingerprint density at radius 2 is 2.29 bits per heavy atom. The second kappa shape index (κ2) is 2.45. The van der Waals surface area contributed by atoms with Gasteiger partial charge in [-0.3, -0.25) is 4.79 Å². The standard InChI is InChI=1S/C9H7N3OS/c1-5-3-12-4-7-6(9(12)14-5)2-10-11-8(7)13/h2-4H,1H3,(H,11,13). The fourth-order valence-corrected chi connectivity index (χ4v) is 2.58. The SMILES string of the molecule is Cc1cn2cc3c(=O)[nH]ncc3c2s1. The molecule has 0 unspecified atom stereocenters. The molecule has 3 heterocycles. The zero-order chi connectivity index (χ0) is 9.71. The normalized spacial score (nSPS) is 11.5. The first-order valence-corrected chi connectivity index (χ1v) is 5.02. The number of hydrogen-bond donors (Lipinski definition) is 1. The molecule has 5 heteroatoms. The minimum absolute atomic E-state index is 0.129. The van der Waals surface area contributed by atoms with Crippen LogP contribution in [0.15, 0.2) is 23.4 Å². The Bertz CT molecular complexity index is 676. The lowest BCUT2D eigenvalue weighted by Crippen LogP contribution is -2.05. The molecule has 0 aliphatic rings. The number of aryl methyl sites for hydroxylation is 1. The van der Waals surface area contributed by atoms with Crippen LogP contribution in [-0.4, -0.2) is 14.6 Å². The van der Waals surface area contributed by atoms with E-state index in [1.54, 1.807) is 17.5 Å². The van der Waals surface area contributed by atoms with Crippen LogP contribution in [0.2, 0.25) is 0 Å². The van der Waals surface area contributed by atoms with Crippen LogP contribution in [0.4, 0.5) is 0 Å². The molecule has 70 valence electrons. The molecule has 3 aromatic heterocycles. The molecule has 3 aromatic rings. The summed E-state index contributed by atoms with van der Waals surface area (Å²) in [7, 11) is 0. The molecule has 0 spiro atoms. The highest BCUT2D eigenvalue weighted by atomic mass is 32.1. The summed E-state index contributed by atoms with van der Waals surface area (Å²) in [5, 5.41) is 7.85. The van der Waals surface area contributed by atoms with Crippen LogP contribution in [0.3, 0.4) is 0 Å². The molecule has 0 radical (unpaired) electrons. The maximum absolute atomic E-state index is 11.4. The van der Waals surface area contributed by atoms with Crippen molar-refractivity contribution >= 4 is 26.9 Å². The van der Waals surface area contributed by atoms with Gasteiger partial charge in [-0.05, 0) is 6.92 Å². The molecule has 0 aromatic carbocycles. The average molecular weight is 205 g/mol. The van der Waals surface area contributed by atoms with E-state index in [1.807, 2.05) is 23.7 Å². The summed E-state index contributed by atoms with van der Waals surface area (Å²) in [6.45, 7) is 2.05. The number of rotatable bonds is 0. The van der Waals surface area contributed by atoms with Gasteiger partial charge in [-0.2, -0.15) is 5.10 Å². The highest BCUT2D eigenvalue weighted by Gasteiger charge is 2.08. The van der Waals surface area contributed by atoms with Gasteiger partial charge in [0.25, 0.3) is 5.56 Å². The lowest BCUT2D eigenvalue weighted by atomic mass is 10.3. The summed E-state index contributed by atoms with van der Waals surface area (Å²) >= 11 is 1.67. The van der Waals surface area contributed by atoms with Crippen LogP contribution < -0.4 is 5.56 Å². The Kier molecular flexibility index (Phi) is 1.36. The maximum Gasteiger partial charge on any atom is 0.273 e. The fraction of sp³-hybridized carbons (Fsp3) is 0.111. The van der Waals surface area contributed by atoms with Crippen molar-refractivity contribution in [2.24, 2.45) is 0 Å². The monoisotopic (exact) mass is 205 g/mol. The average Bonchev–Trinajstić information content (AvgIpc) is 2.63. The third kappa shape index (κ3) is 0.871. The molecule has 0 atom stereocenters. The number of aromatic amines is 1. The predicted octanol–water partition coefficient (Wildman–Crippen LogP) is 1.55. The van der Waals surface area contributed by atoms with Gasteiger partial charge < -0.3 is 4.40 Å². The van der Waals surface area contributed by atoms with Crippen LogP contribution in [0.5, 0.6) is 0 Å². The second-order valence-electron chi connectivity index (χ2n) is 3.21. The second-order valence-corrected chi connectivity index (χ2v) is 4.44. The van der Waals surface area contributed by atoms with Crippen molar-refractivity contribution in [3.63, 3.8) is 0 Å². The highest BCUT2D eigenvalue weighted by molar-refractivity contribution is 7.18. The largest absolute Gasteiger partial charge is 0.313 e. The lowest BCUT2D eigenvalue weighted by Gasteiger charge is -1.84. The van der Waals surface area contributed by atoms with E-state index in [0.717, 1.165) is 10.2 Å². The molecule has 4 nitrogen and oxygen atoms in total. The van der Waals surface area contributed by atoms with Crippen LogP contribution in [0.25, 0.3) is 15.6 Å². The Morgan fingerprint density at radius 3 is 3.14 bits per heavy atom. The van der Waals surface area contributed by atoms with Gasteiger partial charge in [0.2, 0.25) is 0 Å². The zero-order valence-corrected chi connectivity index (χ0v) is 8.26. The summed E-state index contributed by atoms with van der Waals surface area (Å²) in [5.41, 5.74) is -0.129. The molecule has 1 N–H and O–H groups in total. The number of H-pyrrole nitrogens is 1. The summed E-state index contributed by atoms with van der Waals surface area (Å²) in [5.74, 6) is 0. The van der Waals surface area contributed by atoms with Crippen LogP contribution in [0.1, 0.15) is 4.88 Å². The molecule has 0 fully saturated rings. The Labute approximate surface area is 82.8 Å². The van der Waals surface area contributed by atoms with Crippen molar-refractivity contribution in [2.45, 2.75) is 6.92 Å². The number of hydrogen-bond acceptors (Lipinski definition) is 3. The molecule has 14 heavy (non-hydrogen) atoms. The minimum Gasteiger partial charge on any atom is -0.313 e. The number of aromatic nitrogens is 3. The van der Waals surface area contributed by atoms with E-state index in [0.29, 0.717) is 5.39 Å². The first kappa shape index (κ1) is 7.75. The highest BCUT2D eigenvalue weighted by Crippen LogP contribution is 2.25. The van der Waals surface area contributed by atoms with Crippen molar-refractivity contribution in [1.82, 2.24) is 14.6 Å². The Morgan fingerprint density at radius 1 is 1.43 bits per heavy atom. The van der Waals surface area contributed by atoms with Gasteiger partial charge in [-0.1, -0.05) is 0 Å². The molecule has 0 saturated carbocycles. The van der Waals surface area contributed by atoms with E-state index < -0.39 is 0 Å². The van der Waals surface area contributed by atoms with E-state index in [9.17, 15) is 4.79 Å². The minimum atomic E-state index is -0.129. The number of nitrogens with one attached hydrogen (secondary N) is 1. The number of nitrogens with zero attached hydrogens (tertiary/aromatic N) is 2. The van der Waals surface area contributed by atoms with Crippen molar-refractivity contribution < 1.29 is 0 Å². The fourth-order valence-electron chi connectivity index (χ4n) is 1.62. The molecular formula is C9H7N3OS. The van der Waals surface area contributed by atoms with Gasteiger partial charge in [0.05, 0.1) is 11.6 Å². The van der Waals surface area contributed by atoms with Gasteiger partial charge in [0.1, 0.15) is 4.83 Å². The zero-order valence-electron chi connectivity index (χ0n) is 7.44. The molecule has 0 amide bonds. The van der Waals surface area contributed by atoms with Crippen LogP contribution in [-0.2, 0) is 0 Å². The van der Waals surface area contributed by atoms with Crippen molar-refractivity contribution in [2.75, 3.05) is 0 Å². The van der Waals surface area contributed by atoms with E-state index in [1.165, 1.54) is 4.88 Å². The maximum atomic E-state index is 11.4. The van der Waals surface area contributed by atoms with E-state index in [-0.39, 0.29) is 5.56 Å². The van der Waals surface area contributed by atoms with Gasteiger partial charge in [0.15, 0.2) is 0 Å². The summed E-state index contributed by atoms with van der Waals surface area (Å²) < 4.78 is 1.97. The Balaban J connectivity index is 2.65. The predicted molar refractivity (Wildman–Crippen MR) is 55.9 cm³/mol.